The van der Waals surface area contributed by atoms with Crippen molar-refractivity contribution in [3.05, 3.63) is 28.8 Å². The van der Waals surface area contributed by atoms with Gasteiger partial charge in [0.05, 0.1) is 27.9 Å². The van der Waals surface area contributed by atoms with E-state index < -0.39 is 21.8 Å². The average Bonchev–Trinajstić information content (AvgIpc) is 2.87. The van der Waals surface area contributed by atoms with Gasteiger partial charge in [-0.25, -0.2) is 12.7 Å². The number of sulfonamides is 1. The van der Waals surface area contributed by atoms with Crippen molar-refractivity contribution < 1.29 is 18.0 Å². The summed E-state index contributed by atoms with van der Waals surface area (Å²) in [5, 5.41) is 3.04. The quantitative estimate of drug-likeness (QED) is 0.759. The van der Waals surface area contributed by atoms with Gasteiger partial charge in [0.15, 0.2) is 0 Å². The van der Waals surface area contributed by atoms with Crippen molar-refractivity contribution in [2.24, 2.45) is 5.92 Å². The summed E-state index contributed by atoms with van der Waals surface area (Å²) < 4.78 is 25.3. The lowest BCUT2D eigenvalue weighted by Gasteiger charge is -2.41. The molecule has 1 aromatic carbocycles. The van der Waals surface area contributed by atoms with E-state index in [-0.39, 0.29) is 33.5 Å². The first-order valence-electron chi connectivity index (χ1n) is 9.92. The monoisotopic (exact) mass is 441 g/mol. The number of amides is 2. The number of likely N-dealkylation sites (tertiary alicyclic amines) is 1. The van der Waals surface area contributed by atoms with Crippen molar-refractivity contribution in [3.8, 4) is 0 Å². The molecule has 1 N–H and O–H groups in total. The molecule has 1 aromatic rings. The highest BCUT2D eigenvalue weighted by molar-refractivity contribution is 7.94. The maximum Gasteiger partial charge on any atom is 0.252 e. The third kappa shape index (κ3) is 4.59. The van der Waals surface area contributed by atoms with Gasteiger partial charge in [-0.15, -0.1) is 0 Å². The van der Waals surface area contributed by atoms with Crippen LogP contribution in [0.25, 0.3) is 0 Å². The number of rotatable bonds is 5. The first kappa shape index (κ1) is 22.1. The van der Waals surface area contributed by atoms with Crippen molar-refractivity contribution in [3.63, 3.8) is 0 Å². The number of nitrogens with zero attached hydrogens (tertiary/aromatic N) is 2. The van der Waals surface area contributed by atoms with E-state index in [4.69, 9.17) is 11.6 Å². The molecule has 160 valence electrons. The summed E-state index contributed by atoms with van der Waals surface area (Å²) in [6.45, 7) is 8.31. The number of piperidine rings is 1. The van der Waals surface area contributed by atoms with Crippen LogP contribution in [-0.4, -0.2) is 56.1 Å². The Hall–Kier alpha value is -1.64. The molecule has 0 spiro atoms. The molecule has 0 saturated carbocycles. The Morgan fingerprint density at radius 1 is 1.24 bits per heavy atom. The summed E-state index contributed by atoms with van der Waals surface area (Å²) in [5.74, 6) is -1.63. The van der Waals surface area contributed by atoms with Crippen LogP contribution in [0.2, 0.25) is 5.02 Å². The Morgan fingerprint density at radius 2 is 1.90 bits per heavy atom. The molecule has 9 heteroatoms. The van der Waals surface area contributed by atoms with Gasteiger partial charge >= 0.3 is 0 Å². The minimum atomic E-state index is -3.71. The molecule has 3 rings (SSSR count). The molecule has 2 saturated heterocycles. The summed E-state index contributed by atoms with van der Waals surface area (Å²) in [5.41, 5.74) is 0.241. The third-order valence-electron chi connectivity index (χ3n) is 5.69. The second-order valence-corrected chi connectivity index (χ2v) is 10.8. The zero-order valence-electron chi connectivity index (χ0n) is 17.1. The number of hydrogen-bond acceptors (Lipinski definition) is 5. The molecule has 0 aliphatic carbocycles. The fourth-order valence-electron chi connectivity index (χ4n) is 3.90. The van der Waals surface area contributed by atoms with E-state index >= 15 is 0 Å². The molecule has 2 aliphatic rings. The summed E-state index contributed by atoms with van der Waals surface area (Å²) >= 11 is 6.27. The van der Waals surface area contributed by atoms with Crippen molar-refractivity contribution >= 4 is 39.1 Å². The summed E-state index contributed by atoms with van der Waals surface area (Å²) in [4.78, 5) is 27.3. The topological polar surface area (TPSA) is 86.8 Å². The van der Waals surface area contributed by atoms with Crippen LogP contribution in [0, 0.1) is 5.92 Å². The van der Waals surface area contributed by atoms with Gasteiger partial charge in [0.1, 0.15) is 0 Å². The zero-order valence-corrected chi connectivity index (χ0v) is 18.6. The first-order chi connectivity index (χ1) is 13.5. The van der Waals surface area contributed by atoms with E-state index in [0.29, 0.717) is 6.54 Å². The van der Waals surface area contributed by atoms with Crippen molar-refractivity contribution in [1.82, 2.24) is 10.2 Å². The van der Waals surface area contributed by atoms with Crippen molar-refractivity contribution in [2.75, 3.05) is 29.7 Å². The van der Waals surface area contributed by atoms with Crippen molar-refractivity contribution in [1.29, 1.82) is 0 Å². The molecule has 2 fully saturated rings. The van der Waals surface area contributed by atoms with Crippen LogP contribution in [0.1, 0.15) is 50.4 Å². The van der Waals surface area contributed by atoms with E-state index in [1.54, 1.807) is 6.92 Å². The Kier molecular flexibility index (Phi) is 6.27. The van der Waals surface area contributed by atoms with Crippen LogP contribution in [0.5, 0.6) is 0 Å². The molecule has 1 atom stereocenters. The normalized spacial score (nSPS) is 22.7. The minimum Gasteiger partial charge on any atom is -0.350 e. The molecule has 2 aliphatic heterocycles. The van der Waals surface area contributed by atoms with Gasteiger partial charge < -0.3 is 5.32 Å². The van der Waals surface area contributed by atoms with Crippen LogP contribution in [-0.2, 0) is 14.8 Å². The van der Waals surface area contributed by atoms with E-state index in [2.05, 4.69) is 24.1 Å². The van der Waals surface area contributed by atoms with E-state index in [1.807, 2.05) is 0 Å². The number of anilines is 1. The second-order valence-electron chi connectivity index (χ2n) is 8.49. The summed E-state index contributed by atoms with van der Waals surface area (Å²) in [7, 11) is -3.71. The molecule has 2 amide bonds. The SMILES string of the molecule is CC1CS(=O)(=O)N(c2ccc(C(=O)NCC(C)(C)N3CCCCC3)c(Cl)c2)C1=O. The largest absolute Gasteiger partial charge is 0.350 e. The molecule has 2 heterocycles. The fourth-order valence-corrected chi connectivity index (χ4v) is 5.98. The Morgan fingerprint density at radius 3 is 2.45 bits per heavy atom. The number of hydrogen-bond donors (Lipinski definition) is 1. The highest BCUT2D eigenvalue weighted by atomic mass is 35.5. The van der Waals surface area contributed by atoms with E-state index in [1.165, 1.54) is 37.5 Å². The van der Waals surface area contributed by atoms with Gasteiger partial charge in [-0.1, -0.05) is 24.9 Å². The minimum absolute atomic E-state index is 0.110. The predicted molar refractivity (Wildman–Crippen MR) is 114 cm³/mol. The van der Waals surface area contributed by atoms with E-state index in [9.17, 15) is 18.0 Å². The maximum atomic E-state index is 12.7. The Labute approximate surface area is 177 Å². The predicted octanol–water partition coefficient (Wildman–Crippen LogP) is 2.65. The van der Waals surface area contributed by atoms with Gasteiger partial charge in [-0.2, -0.15) is 0 Å². The second kappa shape index (κ2) is 8.24. The molecular weight excluding hydrogens is 414 g/mol. The lowest BCUT2D eigenvalue weighted by molar-refractivity contribution is -0.119. The molecule has 0 bridgehead atoms. The fraction of sp³-hybridized carbons (Fsp3) is 0.600. The molecular formula is C20H28ClN3O4S. The van der Waals surface area contributed by atoms with Crippen LogP contribution < -0.4 is 9.62 Å². The van der Waals surface area contributed by atoms with Crippen LogP contribution in [0.15, 0.2) is 18.2 Å². The molecule has 29 heavy (non-hydrogen) atoms. The standard InChI is InChI=1S/C20H28ClN3O4S/c1-14-12-29(27,28)24(19(14)26)15-7-8-16(17(21)11-15)18(25)22-13-20(2,3)23-9-5-4-6-10-23/h7-8,11,14H,4-6,9-10,12-13H2,1-3H3,(H,22,25). The van der Waals surface area contributed by atoms with Crippen LogP contribution in [0.4, 0.5) is 5.69 Å². The molecule has 1 unspecified atom stereocenters. The molecule has 0 aromatic heterocycles. The van der Waals surface area contributed by atoms with Gasteiger partial charge in [0.2, 0.25) is 15.9 Å². The highest BCUT2D eigenvalue weighted by Crippen LogP contribution is 2.31. The summed E-state index contributed by atoms with van der Waals surface area (Å²) in [6.07, 6.45) is 3.58. The Bertz CT molecular complexity index is 910. The lowest BCUT2D eigenvalue weighted by atomic mass is 9.98. The average molecular weight is 442 g/mol. The lowest BCUT2D eigenvalue weighted by Crippen LogP contribution is -2.53. The van der Waals surface area contributed by atoms with Gasteiger partial charge in [-0.3, -0.25) is 14.5 Å². The zero-order chi connectivity index (χ0) is 21.4. The smallest absolute Gasteiger partial charge is 0.252 e. The number of carbonyl (C=O) groups excluding carboxylic acids is 2. The first-order valence-corrected chi connectivity index (χ1v) is 11.9. The molecule has 0 radical (unpaired) electrons. The van der Waals surface area contributed by atoms with Gasteiger partial charge in [0.25, 0.3) is 5.91 Å². The maximum absolute atomic E-state index is 12.7. The van der Waals surface area contributed by atoms with Crippen molar-refractivity contribution in [2.45, 2.75) is 45.6 Å². The number of halogens is 1. The third-order valence-corrected chi connectivity index (χ3v) is 7.87. The Balaban J connectivity index is 1.71. The van der Waals surface area contributed by atoms with E-state index in [0.717, 1.165) is 17.4 Å². The van der Waals surface area contributed by atoms with Crippen LogP contribution >= 0.6 is 11.6 Å². The number of carbonyl (C=O) groups is 2. The summed E-state index contributed by atoms with van der Waals surface area (Å²) in [6, 6.07) is 4.27. The van der Waals surface area contributed by atoms with Gasteiger partial charge in [-0.05, 0) is 58.0 Å². The number of nitrogens with one attached hydrogen (secondary N) is 1. The number of benzene rings is 1. The highest BCUT2D eigenvalue weighted by Gasteiger charge is 2.42. The van der Waals surface area contributed by atoms with Crippen LogP contribution in [0.3, 0.4) is 0 Å². The van der Waals surface area contributed by atoms with Gasteiger partial charge in [0, 0.05) is 12.1 Å². The molecule has 7 nitrogen and oxygen atoms in total.